The zero-order chi connectivity index (χ0) is 13.9. The Morgan fingerprint density at radius 1 is 1.10 bits per heavy atom. The SMILES string of the molecule is Cl.NC1CCCCC1CC(=O)N1CCOC2CCCCC21. The molecule has 21 heavy (non-hydrogen) atoms. The normalized spacial score (nSPS) is 36.5. The van der Waals surface area contributed by atoms with Crippen molar-refractivity contribution < 1.29 is 9.53 Å². The molecule has 122 valence electrons. The van der Waals surface area contributed by atoms with E-state index in [4.69, 9.17) is 10.5 Å². The maximum Gasteiger partial charge on any atom is 0.223 e. The summed E-state index contributed by atoms with van der Waals surface area (Å²) in [5.41, 5.74) is 6.19. The number of nitrogens with two attached hydrogens (primary N) is 1. The van der Waals surface area contributed by atoms with Gasteiger partial charge in [-0.3, -0.25) is 4.79 Å². The van der Waals surface area contributed by atoms with Crippen molar-refractivity contribution in [3.8, 4) is 0 Å². The van der Waals surface area contributed by atoms with Crippen LogP contribution in [0, 0.1) is 5.92 Å². The Kier molecular flexibility index (Phi) is 6.33. The number of rotatable bonds is 2. The van der Waals surface area contributed by atoms with Crippen LogP contribution < -0.4 is 5.73 Å². The van der Waals surface area contributed by atoms with Gasteiger partial charge in [0.2, 0.25) is 5.91 Å². The highest BCUT2D eigenvalue weighted by atomic mass is 35.5. The first-order valence-electron chi connectivity index (χ1n) is 8.42. The number of morpholine rings is 1. The zero-order valence-corrected chi connectivity index (χ0v) is 13.7. The van der Waals surface area contributed by atoms with Crippen molar-refractivity contribution in [3.05, 3.63) is 0 Å². The van der Waals surface area contributed by atoms with Crippen molar-refractivity contribution in [1.82, 2.24) is 4.90 Å². The van der Waals surface area contributed by atoms with Gasteiger partial charge in [0.05, 0.1) is 18.8 Å². The van der Waals surface area contributed by atoms with Crippen molar-refractivity contribution >= 4 is 18.3 Å². The average molecular weight is 317 g/mol. The molecule has 3 rings (SSSR count). The molecule has 0 aromatic rings. The smallest absolute Gasteiger partial charge is 0.223 e. The monoisotopic (exact) mass is 316 g/mol. The molecule has 4 nitrogen and oxygen atoms in total. The molecule has 3 aliphatic rings. The third kappa shape index (κ3) is 3.91. The summed E-state index contributed by atoms with van der Waals surface area (Å²) in [6.45, 7) is 1.49. The molecule has 2 saturated carbocycles. The van der Waals surface area contributed by atoms with Gasteiger partial charge in [-0.15, -0.1) is 12.4 Å². The zero-order valence-electron chi connectivity index (χ0n) is 12.8. The van der Waals surface area contributed by atoms with Crippen LogP contribution in [-0.2, 0) is 9.53 Å². The van der Waals surface area contributed by atoms with E-state index in [1.807, 2.05) is 0 Å². The topological polar surface area (TPSA) is 55.6 Å². The van der Waals surface area contributed by atoms with Crippen molar-refractivity contribution in [1.29, 1.82) is 0 Å². The summed E-state index contributed by atoms with van der Waals surface area (Å²) in [6.07, 6.45) is 10.4. The third-order valence-corrected chi connectivity index (χ3v) is 5.46. The molecule has 0 aromatic heterocycles. The third-order valence-electron chi connectivity index (χ3n) is 5.46. The van der Waals surface area contributed by atoms with Gasteiger partial charge in [-0.25, -0.2) is 0 Å². The molecule has 1 amide bonds. The van der Waals surface area contributed by atoms with Gasteiger partial charge < -0.3 is 15.4 Å². The fourth-order valence-corrected chi connectivity index (χ4v) is 4.24. The minimum absolute atomic E-state index is 0. The highest BCUT2D eigenvalue weighted by Crippen LogP contribution is 2.31. The van der Waals surface area contributed by atoms with Gasteiger partial charge in [-0.05, 0) is 31.6 Å². The molecule has 5 heteroatoms. The van der Waals surface area contributed by atoms with Crippen LogP contribution in [0.1, 0.15) is 57.8 Å². The van der Waals surface area contributed by atoms with Gasteiger partial charge in [0, 0.05) is 19.0 Å². The van der Waals surface area contributed by atoms with Crippen molar-refractivity contribution in [2.24, 2.45) is 11.7 Å². The lowest BCUT2D eigenvalue weighted by Crippen LogP contribution is -2.55. The minimum Gasteiger partial charge on any atom is -0.374 e. The average Bonchev–Trinajstić information content (AvgIpc) is 2.49. The Balaban J connectivity index is 0.00000161. The molecule has 4 atom stereocenters. The van der Waals surface area contributed by atoms with E-state index in [9.17, 15) is 4.79 Å². The maximum absolute atomic E-state index is 12.7. The molecule has 0 aromatic carbocycles. The number of ether oxygens (including phenoxy) is 1. The molecule has 2 aliphatic carbocycles. The van der Waals surface area contributed by atoms with Crippen LogP contribution in [0.2, 0.25) is 0 Å². The molecular weight excluding hydrogens is 288 g/mol. The molecule has 0 bridgehead atoms. The standard InChI is InChI=1S/C16H28N2O2.ClH/c17-13-6-2-1-5-12(13)11-16(19)18-9-10-20-15-8-4-3-7-14(15)18;/h12-15H,1-11,17H2;1H. The van der Waals surface area contributed by atoms with E-state index in [0.29, 0.717) is 37.0 Å². The van der Waals surface area contributed by atoms with E-state index in [2.05, 4.69) is 4.90 Å². The van der Waals surface area contributed by atoms with Crippen LogP contribution in [0.3, 0.4) is 0 Å². The van der Waals surface area contributed by atoms with Gasteiger partial charge >= 0.3 is 0 Å². The lowest BCUT2D eigenvalue weighted by atomic mass is 9.82. The molecular formula is C16H29ClN2O2. The summed E-state index contributed by atoms with van der Waals surface area (Å²) in [5.74, 6) is 0.730. The second kappa shape index (κ2) is 7.80. The highest BCUT2D eigenvalue weighted by molar-refractivity contribution is 5.85. The second-order valence-electron chi connectivity index (χ2n) is 6.76. The van der Waals surface area contributed by atoms with Crippen LogP contribution >= 0.6 is 12.4 Å². The summed E-state index contributed by atoms with van der Waals surface area (Å²) < 4.78 is 5.85. The number of halogens is 1. The Bertz CT molecular complexity index is 351. The van der Waals surface area contributed by atoms with E-state index in [-0.39, 0.29) is 18.4 Å². The first-order chi connectivity index (χ1) is 9.75. The number of carbonyl (C=O) groups is 1. The lowest BCUT2D eigenvalue weighted by Gasteiger charge is -2.44. The van der Waals surface area contributed by atoms with Crippen LogP contribution in [0.5, 0.6) is 0 Å². The summed E-state index contributed by atoms with van der Waals surface area (Å²) >= 11 is 0. The van der Waals surface area contributed by atoms with Gasteiger partial charge in [0.15, 0.2) is 0 Å². The highest BCUT2D eigenvalue weighted by Gasteiger charge is 2.37. The second-order valence-corrected chi connectivity index (χ2v) is 6.76. The largest absolute Gasteiger partial charge is 0.374 e. The molecule has 0 radical (unpaired) electrons. The summed E-state index contributed by atoms with van der Waals surface area (Å²) in [5, 5.41) is 0. The fourth-order valence-electron chi connectivity index (χ4n) is 4.24. The van der Waals surface area contributed by atoms with Crippen molar-refractivity contribution in [2.45, 2.75) is 76.0 Å². The molecule has 0 spiro atoms. The van der Waals surface area contributed by atoms with E-state index >= 15 is 0 Å². The van der Waals surface area contributed by atoms with Crippen molar-refractivity contribution in [3.63, 3.8) is 0 Å². The number of hydrogen-bond donors (Lipinski definition) is 1. The van der Waals surface area contributed by atoms with Crippen LogP contribution in [0.25, 0.3) is 0 Å². The quantitative estimate of drug-likeness (QED) is 0.851. The number of hydrogen-bond acceptors (Lipinski definition) is 3. The molecule has 1 aliphatic heterocycles. The van der Waals surface area contributed by atoms with E-state index in [1.165, 1.54) is 25.7 Å². The molecule has 3 fully saturated rings. The summed E-state index contributed by atoms with van der Waals surface area (Å²) in [4.78, 5) is 14.8. The van der Waals surface area contributed by atoms with E-state index < -0.39 is 0 Å². The molecule has 1 heterocycles. The van der Waals surface area contributed by atoms with Crippen LogP contribution in [0.15, 0.2) is 0 Å². The number of nitrogens with zero attached hydrogens (tertiary/aromatic N) is 1. The first kappa shape index (κ1) is 17.0. The Morgan fingerprint density at radius 3 is 2.62 bits per heavy atom. The maximum atomic E-state index is 12.7. The summed E-state index contributed by atoms with van der Waals surface area (Å²) in [7, 11) is 0. The van der Waals surface area contributed by atoms with Crippen molar-refractivity contribution in [2.75, 3.05) is 13.2 Å². The Morgan fingerprint density at radius 2 is 1.81 bits per heavy atom. The Hall–Kier alpha value is -0.320. The van der Waals surface area contributed by atoms with E-state index in [0.717, 1.165) is 32.2 Å². The lowest BCUT2D eigenvalue weighted by molar-refractivity contribution is -0.150. The predicted octanol–water partition coefficient (Wildman–Crippen LogP) is 2.49. The Labute approximate surface area is 134 Å². The molecule has 4 unspecified atom stereocenters. The fraction of sp³-hybridized carbons (Fsp3) is 0.938. The van der Waals surface area contributed by atoms with Gasteiger partial charge in [0.25, 0.3) is 0 Å². The van der Waals surface area contributed by atoms with Gasteiger partial charge in [-0.2, -0.15) is 0 Å². The van der Waals surface area contributed by atoms with Crippen LogP contribution in [-0.4, -0.2) is 42.1 Å². The first-order valence-corrected chi connectivity index (χ1v) is 8.42. The van der Waals surface area contributed by atoms with Gasteiger partial charge in [0.1, 0.15) is 0 Å². The number of carbonyl (C=O) groups excluding carboxylic acids is 1. The minimum atomic E-state index is 0. The number of amides is 1. The molecule has 2 N–H and O–H groups in total. The predicted molar refractivity (Wildman–Crippen MR) is 85.5 cm³/mol. The number of fused-ring (bicyclic) bond motifs is 1. The van der Waals surface area contributed by atoms with Crippen LogP contribution in [0.4, 0.5) is 0 Å². The molecule has 1 saturated heterocycles. The van der Waals surface area contributed by atoms with Gasteiger partial charge in [-0.1, -0.05) is 25.7 Å². The van der Waals surface area contributed by atoms with E-state index in [1.54, 1.807) is 0 Å². The summed E-state index contributed by atoms with van der Waals surface area (Å²) in [6, 6.07) is 0.570.